The average Bonchev–Trinajstić information content (AvgIpc) is 3.41. The monoisotopic (exact) mass is 680 g/mol. The van der Waals surface area contributed by atoms with Crippen molar-refractivity contribution in [3.8, 4) is 0 Å². The second-order valence-electron chi connectivity index (χ2n) is 11.8. The van der Waals surface area contributed by atoms with E-state index in [2.05, 4.69) is 21.3 Å². The first-order valence-corrected chi connectivity index (χ1v) is 16.1. The maximum atomic E-state index is 14.0. The number of nitrogens with one attached hydrogen (secondary N) is 4. The van der Waals surface area contributed by atoms with Gasteiger partial charge in [0.25, 0.3) is 0 Å². The van der Waals surface area contributed by atoms with Gasteiger partial charge in [-0.3, -0.25) is 24.1 Å². The number of anilines is 1. The van der Waals surface area contributed by atoms with E-state index in [0.29, 0.717) is 24.3 Å². The Morgan fingerprint density at radius 2 is 1.73 bits per heavy atom. The van der Waals surface area contributed by atoms with E-state index in [4.69, 9.17) is 19.9 Å². The summed E-state index contributed by atoms with van der Waals surface area (Å²) in [5.41, 5.74) is 6.11. The Balaban J connectivity index is 2.01. The highest BCUT2D eigenvalue weighted by atomic mass is 19.1. The largest absolute Gasteiger partial charge is 0.464 e. The highest BCUT2D eigenvalue weighted by Crippen LogP contribution is 2.22. The highest BCUT2D eigenvalue weighted by Gasteiger charge is 2.37. The van der Waals surface area contributed by atoms with Gasteiger partial charge in [0.15, 0.2) is 0 Å². The standard InChI is InChI=1S/C32H49FN6O9/c1-5-14-46-15-12-27(41)38-28(20(2)3)30(43)37-26(7-6-13-35-31(34)44)29(42)36-24-10-8-22(9-11-24)18-48-32(45)39-17-23(33)16-25(39)19-47-21(4)40/h8-11,20,23,25-26,28H,5-7,12-19H2,1-4H3,(H,36,42)(H,37,43)(H,38,41)(H3,34,35,44)/t23-,25-,26-,28-/m0/s1. The van der Waals surface area contributed by atoms with Crippen LogP contribution in [0, 0.1) is 5.92 Å². The molecule has 0 aliphatic carbocycles. The number of carbonyl (C=O) groups excluding carboxylic acids is 6. The Morgan fingerprint density at radius 1 is 1.02 bits per heavy atom. The Kier molecular flexibility index (Phi) is 17.1. The van der Waals surface area contributed by atoms with Crippen LogP contribution in [0.5, 0.6) is 0 Å². The molecule has 6 amide bonds. The van der Waals surface area contributed by atoms with Crippen molar-refractivity contribution in [1.82, 2.24) is 20.9 Å². The summed E-state index contributed by atoms with van der Waals surface area (Å²) >= 11 is 0. The molecule has 4 atom stereocenters. The second kappa shape index (κ2) is 20.7. The number of carbonyl (C=O) groups is 6. The lowest BCUT2D eigenvalue weighted by Gasteiger charge is -2.25. The third-order valence-corrected chi connectivity index (χ3v) is 7.35. The van der Waals surface area contributed by atoms with Crippen molar-refractivity contribution in [2.45, 2.75) is 90.7 Å². The molecular formula is C32H49FN6O9. The molecule has 0 spiro atoms. The number of nitrogens with zero attached hydrogens (tertiary/aromatic N) is 1. The maximum absolute atomic E-state index is 14.0. The summed E-state index contributed by atoms with van der Waals surface area (Å²) in [6.07, 6.45) is -0.567. The fourth-order valence-electron chi connectivity index (χ4n) is 4.84. The van der Waals surface area contributed by atoms with Gasteiger partial charge in [0, 0.05) is 38.6 Å². The topological polar surface area (TPSA) is 207 Å². The van der Waals surface area contributed by atoms with Gasteiger partial charge >= 0.3 is 18.1 Å². The number of urea groups is 1. The summed E-state index contributed by atoms with van der Waals surface area (Å²) in [5, 5.41) is 10.6. The summed E-state index contributed by atoms with van der Waals surface area (Å²) < 4.78 is 29.6. The minimum absolute atomic E-state index is 0.0429. The van der Waals surface area contributed by atoms with E-state index in [0.717, 1.165) is 6.42 Å². The van der Waals surface area contributed by atoms with Gasteiger partial charge < -0.3 is 41.2 Å². The van der Waals surface area contributed by atoms with E-state index in [-0.39, 0.29) is 64.0 Å². The van der Waals surface area contributed by atoms with Gasteiger partial charge in [0.1, 0.15) is 31.5 Å². The zero-order valence-corrected chi connectivity index (χ0v) is 28.1. The van der Waals surface area contributed by atoms with Crippen LogP contribution in [-0.2, 0) is 40.0 Å². The molecule has 0 unspecified atom stereocenters. The Hall–Kier alpha value is -4.47. The van der Waals surface area contributed by atoms with Crippen LogP contribution in [0.25, 0.3) is 0 Å². The van der Waals surface area contributed by atoms with Crippen LogP contribution in [-0.4, -0.2) is 97.9 Å². The molecule has 15 nitrogen and oxygen atoms in total. The molecule has 1 aromatic carbocycles. The zero-order chi connectivity index (χ0) is 35.6. The first kappa shape index (κ1) is 39.7. The summed E-state index contributed by atoms with van der Waals surface area (Å²) in [5.74, 6) is -2.24. The molecule has 1 fully saturated rings. The number of nitrogens with two attached hydrogens (primary N) is 1. The summed E-state index contributed by atoms with van der Waals surface area (Å²) in [7, 11) is 0. The van der Waals surface area contributed by atoms with Crippen LogP contribution >= 0.6 is 0 Å². The van der Waals surface area contributed by atoms with Gasteiger partial charge in [-0.05, 0) is 42.9 Å². The van der Waals surface area contributed by atoms with Gasteiger partial charge in [0.2, 0.25) is 17.7 Å². The van der Waals surface area contributed by atoms with Crippen molar-refractivity contribution in [2.24, 2.45) is 11.7 Å². The fraction of sp³-hybridized carbons (Fsp3) is 0.625. The van der Waals surface area contributed by atoms with Crippen molar-refractivity contribution >= 4 is 41.5 Å². The molecule has 1 saturated heterocycles. The van der Waals surface area contributed by atoms with Crippen molar-refractivity contribution in [3.05, 3.63) is 29.8 Å². The molecule has 16 heteroatoms. The van der Waals surface area contributed by atoms with Crippen LogP contribution in [0.1, 0.15) is 65.4 Å². The Bertz CT molecular complexity index is 1230. The average molecular weight is 681 g/mol. The van der Waals surface area contributed by atoms with E-state index in [9.17, 15) is 33.2 Å². The maximum Gasteiger partial charge on any atom is 0.410 e. The van der Waals surface area contributed by atoms with Gasteiger partial charge in [-0.25, -0.2) is 14.0 Å². The van der Waals surface area contributed by atoms with Crippen LogP contribution in [0.4, 0.5) is 19.7 Å². The fourth-order valence-corrected chi connectivity index (χ4v) is 4.84. The molecule has 0 bridgehead atoms. The first-order valence-electron chi connectivity index (χ1n) is 16.1. The molecule has 1 aliphatic rings. The quantitative estimate of drug-likeness (QED) is 0.107. The van der Waals surface area contributed by atoms with E-state index in [1.165, 1.54) is 11.8 Å². The van der Waals surface area contributed by atoms with Crippen LogP contribution in [0.2, 0.25) is 0 Å². The number of likely N-dealkylation sites (tertiary alicyclic amines) is 1. The normalized spacial score (nSPS) is 16.8. The lowest BCUT2D eigenvalue weighted by atomic mass is 10.0. The summed E-state index contributed by atoms with van der Waals surface area (Å²) in [4.78, 5) is 75.0. The van der Waals surface area contributed by atoms with E-state index < -0.39 is 54.2 Å². The molecule has 2 rings (SSSR count). The Morgan fingerprint density at radius 3 is 2.35 bits per heavy atom. The van der Waals surface area contributed by atoms with Gasteiger partial charge in [-0.15, -0.1) is 0 Å². The Labute approximate surface area is 280 Å². The third kappa shape index (κ3) is 14.5. The molecule has 0 aromatic heterocycles. The number of benzene rings is 1. The SMILES string of the molecule is CCCOCCC(=O)N[C@H](C(=O)N[C@@H](CCCNC(N)=O)C(=O)Nc1ccc(COC(=O)N2C[C@@H](F)C[C@H]2COC(C)=O)cc1)C(C)C. The number of hydrogen-bond acceptors (Lipinski definition) is 9. The number of alkyl halides is 1. The summed E-state index contributed by atoms with van der Waals surface area (Å²) in [6, 6.07) is 3.17. The van der Waals surface area contributed by atoms with Gasteiger partial charge in [-0.1, -0.05) is 32.9 Å². The number of hydrogen-bond donors (Lipinski definition) is 5. The molecule has 0 saturated carbocycles. The highest BCUT2D eigenvalue weighted by molar-refractivity contribution is 5.98. The van der Waals surface area contributed by atoms with Gasteiger partial charge in [0.05, 0.1) is 19.2 Å². The smallest absolute Gasteiger partial charge is 0.410 e. The van der Waals surface area contributed by atoms with Crippen molar-refractivity contribution in [3.63, 3.8) is 0 Å². The van der Waals surface area contributed by atoms with Crippen LogP contribution in [0.15, 0.2) is 24.3 Å². The number of esters is 1. The third-order valence-electron chi connectivity index (χ3n) is 7.35. The molecule has 0 radical (unpaired) electrons. The number of primary amides is 1. The molecule has 268 valence electrons. The lowest BCUT2D eigenvalue weighted by Crippen LogP contribution is -2.54. The molecule has 6 N–H and O–H groups in total. The van der Waals surface area contributed by atoms with Gasteiger partial charge in [-0.2, -0.15) is 0 Å². The predicted molar refractivity (Wildman–Crippen MR) is 173 cm³/mol. The second-order valence-corrected chi connectivity index (χ2v) is 11.8. The molecular weight excluding hydrogens is 631 g/mol. The van der Waals surface area contributed by atoms with E-state index >= 15 is 0 Å². The minimum Gasteiger partial charge on any atom is -0.464 e. The predicted octanol–water partition coefficient (Wildman–Crippen LogP) is 2.13. The van der Waals surface area contributed by atoms with E-state index in [1.807, 2.05) is 6.92 Å². The minimum atomic E-state index is -1.25. The summed E-state index contributed by atoms with van der Waals surface area (Å²) in [6.45, 7) is 7.25. The lowest BCUT2D eigenvalue weighted by molar-refractivity contribution is -0.142. The number of amides is 6. The number of rotatable bonds is 19. The molecule has 48 heavy (non-hydrogen) atoms. The van der Waals surface area contributed by atoms with Crippen LogP contribution < -0.4 is 27.0 Å². The molecule has 1 heterocycles. The molecule has 1 aliphatic heterocycles. The number of halogens is 1. The van der Waals surface area contributed by atoms with Crippen LogP contribution in [0.3, 0.4) is 0 Å². The zero-order valence-electron chi connectivity index (χ0n) is 28.1. The first-order chi connectivity index (χ1) is 22.8. The number of ether oxygens (including phenoxy) is 3. The van der Waals surface area contributed by atoms with Crippen molar-refractivity contribution in [1.29, 1.82) is 0 Å². The van der Waals surface area contributed by atoms with E-state index in [1.54, 1.807) is 38.1 Å². The van der Waals surface area contributed by atoms with Crippen molar-refractivity contribution < 1.29 is 47.4 Å². The molecule has 1 aromatic rings. The van der Waals surface area contributed by atoms with Crippen molar-refractivity contribution in [2.75, 3.05) is 38.2 Å².